The first-order chi connectivity index (χ1) is 11.2. The van der Waals surface area contributed by atoms with Crippen molar-refractivity contribution in [3.8, 4) is 0 Å². The van der Waals surface area contributed by atoms with Gasteiger partial charge in [0.15, 0.2) is 5.69 Å². The van der Waals surface area contributed by atoms with E-state index >= 15 is 0 Å². The highest BCUT2D eigenvalue weighted by Gasteiger charge is 2.38. The third kappa shape index (κ3) is 4.93. The van der Waals surface area contributed by atoms with Gasteiger partial charge in [-0.05, 0) is 29.8 Å². The molecule has 10 heteroatoms. The van der Waals surface area contributed by atoms with Crippen molar-refractivity contribution < 1.29 is 22.7 Å². The summed E-state index contributed by atoms with van der Waals surface area (Å²) in [6.45, 7) is 6.71. The highest BCUT2D eigenvalue weighted by Crippen LogP contribution is 2.35. The van der Waals surface area contributed by atoms with Crippen molar-refractivity contribution in [2.45, 2.75) is 32.6 Å². The van der Waals surface area contributed by atoms with Crippen molar-refractivity contribution in [1.29, 1.82) is 0 Å². The lowest BCUT2D eigenvalue weighted by atomic mass is 10.3. The molecule has 1 fully saturated rings. The van der Waals surface area contributed by atoms with Gasteiger partial charge in [-0.2, -0.15) is 18.3 Å². The summed E-state index contributed by atoms with van der Waals surface area (Å²) in [7, 11) is 0. The van der Waals surface area contributed by atoms with Crippen LogP contribution >= 0.6 is 15.9 Å². The van der Waals surface area contributed by atoms with E-state index in [0.29, 0.717) is 19.8 Å². The molecular weight excluding hydrogens is 393 g/mol. The standard InChI is InChI=1S/C14H20BrF3N4O2/c1-9(7-21-3-5-24-6-4-21)19-11(23)8-22-10(2)12(15)13(20-22)14(16,17)18/h9H,3-8H2,1-2H3,(H,19,23)/t9-/m0/s1. The number of hydrogen-bond acceptors (Lipinski definition) is 4. The van der Waals surface area contributed by atoms with E-state index in [9.17, 15) is 18.0 Å². The topological polar surface area (TPSA) is 59.4 Å². The van der Waals surface area contributed by atoms with E-state index in [1.165, 1.54) is 6.92 Å². The maximum atomic E-state index is 12.8. The summed E-state index contributed by atoms with van der Waals surface area (Å²) in [4.78, 5) is 14.2. The predicted octanol–water partition coefficient (Wildman–Crippen LogP) is 1.81. The molecule has 0 bridgehead atoms. The van der Waals surface area contributed by atoms with Gasteiger partial charge in [-0.1, -0.05) is 0 Å². The molecule has 0 aromatic carbocycles. The largest absolute Gasteiger partial charge is 0.436 e. The lowest BCUT2D eigenvalue weighted by Crippen LogP contribution is -2.46. The molecule has 2 heterocycles. The molecule has 1 aliphatic rings. The number of carbonyl (C=O) groups is 1. The Kier molecular flexibility index (Phi) is 6.27. The Morgan fingerprint density at radius 3 is 2.58 bits per heavy atom. The second-order valence-electron chi connectivity index (χ2n) is 5.78. The number of nitrogens with one attached hydrogen (secondary N) is 1. The number of alkyl halides is 3. The first kappa shape index (κ1) is 19.2. The Morgan fingerprint density at radius 2 is 2.04 bits per heavy atom. The van der Waals surface area contributed by atoms with E-state index in [1.54, 1.807) is 0 Å². The highest BCUT2D eigenvalue weighted by atomic mass is 79.9. The molecule has 0 saturated carbocycles. The summed E-state index contributed by atoms with van der Waals surface area (Å²) in [6, 6.07) is -0.114. The summed E-state index contributed by atoms with van der Waals surface area (Å²) in [5, 5.41) is 6.29. The number of ether oxygens (including phenoxy) is 1. The van der Waals surface area contributed by atoms with Crippen LogP contribution in [0.2, 0.25) is 0 Å². The van der Waals surface area contributed by atoms with E-state index in [0.717, 1.165) is 17.8 Å². The van der Waals surface area contributed by atoms with Gasteiger partial charge in [0.2, 0.25) is 5.91 Å². The fourth-order valence-electron chi connectivity index (χ4n) is 2.53. The summed E-state index contributed by atoms with van der Waals surface area (Å²) in [5.41, 5.74) is -0.757. The van der Waals surface area contributed by atoms with E-state index < -0.39 is 11.9 Å². The number of morpholine rings is 1. The molecule has 6 nitrogen and oxygen atoms in total. The lowest BCUT2D eigenvalue weighted by molar-refractivity contribution is -0.142. The van der Waals surface area contributed by atoms with Gasteiger partial charge in [0.05, 0.1) is 23.4 Å². The number of rotatable bonds is 5. The fourth-order valence-corrected chi connectivity index (χ4v) is 3.04. The second-order valence-corrected chi connectivity index (χ2v) is 6.58. The van der Waals surface area contributed by atoms with Gasteiger partial charge in [0.1, 0.15) is 6.54 Å². The monoisotopic (exact) mass is 412 g/mol. The van der Waals surface area contributed by atoms with Crippen LogP contribution in [0.1, 0.15) is 18.3 Å². The zero-order valence-electron chi connectivity index (χ0n) is 13.5. The van der Waals surface area contributed by atoms with Crippen LogP contribution in [0, 0.1) is 6.92 Å². The van der Waals surface area contributed by atoms with E-state index in [2.05, 4.69) is 31.2 Å². The minimum atomic E-state index is -4.56. The number of carbonyl (C=O) groups excluding carboxylic acids is 1. The smallest absolute Gasteiger partial charge is 0.379 e. The zero-order chi connectivity index (χ0) is 17.9. The molecule has 24 heavy (non-hydrogen) atoms. The number of aromatic nitrogens is 2. The lowest BCUT2D eigenvalue weighted by Gasteiger charge is -2.29. The quantitative estimate of drug-likeness (QED) is 0.800. The third-order valence-electron chi connectivity index (χ3n) is 3.74. The number of halogens is 4. The molecule has 1 aromatic heterocycles. The molecule has 1 aromatic rings. The molecule has 0 radical (unpaired) electrons. The Morgan fingerprint density at radius 1 is 1.42 bits per heavy atom. The van der Waals surface area contributed by atoms with Gasteiger partial charge in [-0.25, -0.2) is 0 Å². The highest BCUT2D eigenvalue weighted by molar-refractivity contribution is 9.10. The molecule has 1 atom stereocenters. The molecule has 0 aliphatic carbocycles. The molecule has 1 aliphatic heterocycles. The minimum Gasteiger partial charge on any atom is -0.379 e. The van der Waals surface area contributed by atoms with Crippen molar-refractivity contribution in [3.63, 3.8) is 0 Å². The van der Waals surface area contributed by atoms with Crippen molar-refractivity contribution >= 4 is 21.8 Å². The van der Waals surface area contributed by atoms with Crippen molar-refractivity contribution in [2.75, 3.05) is 32.8 Å². The van der Waals surface area contributed by atoms with Crippen LogP contribution in [-0.4, -0.2) is 59.5 Å². The van der Waals surface area contributed by atoms with Gasteiger partial charge in [0, 0.05) is 25.7 Å². The Bertz CT molecular complexity index is 585. The fraction of sp³-hybridized carbons (Fsp3) is 0.714. The molecular formula is C14H20BrF3N4O2. The Balaban J connectivity index is 1.92. The molecule has 0 unspecified atom stereocenters. The average Bonchev–Trinajstić information content (AvgIpc) is 2.76. The zero-order valence-corrected chi connectivity index (χ0v) is 15.1. The van der Waals surface area contributed by atoms with Gasteiger partial charge in [-0.3, -0.25) is 14.4 Å². The predicted molar refractivity (Wildman–Crippen MR) is 84.5 cm³/mol. The van der Waals surface area contributed by atoms with Crippen LogP contribution in [-0.2, 0) is 22.3 Å². The SMILES string of the molecule is Cc1c(Br)c(C(F)(F)F)nn1CC(=O)N[C@@H](C)CN1CCOCC1. The van der Waals surface area contributed by atoms with Crippen molar-refractivity contribution in [1.82, 2.24) is 20.0 Å². The van der Waals surface area contributed by atoms with Crippen LogP contribution < -0.4 is 5.32 Å². The second kappa shape index (κ2) is 7.83. The minimum absolute atomic E-state index is 0.114. The van der Waals surface area contributed by atoms with Crippen LogP contribution in [0.25, 0.3) is 0 Å². The molecule has 1 saturated heterocycles. The van der Waals surface area contributed by atoms with Gasteiger partial charge < -0.3 is 10.1 Å². The van der Waals surface area contributed by atoms with Crippen LogP contribution in [0.5, 0.6) is 0 Å². The maximum absolute atomic E-state index is 12.8. The van der Waals surface area contributed by atoms with Gasteiger partial charge in [0.25, 0.3) is 0 Å². The number of amides is 1. The molecule has 2 rings (SSSR count). The van der Waals surface area contributed by atoms with Gasteiger partial charge >= 0.3 is 6.18 Å². The summed E-state index contributed by atoms with van der Waals surface area (Å²) < 4.78 is 44.7. The van der Waals surface area contributed by atoms with Crippen molar-refractivity contribution in [3.05, 3.63) is 15.9 Å². The summed E-state index contributed by atoms with van der Waals surface area (Å²) >= 11 is 2.89. The first-order valence-electron chi connectivity index (χ1n) is 7.58. The van der Waals surface area contributed by atoms with E-state index in [4.69, 9.17) is 4.74 Å². The molecule has 1 N–H and O–H groups in total. The van der Waals surface area contributed by atoms with Gasteiger partial charge in [-0.15, -0.1) is 0 Å². The maximum Gasteiger partial charge on any atom is 0.436 e. The Labute approximate surface area is 146 Å². The third-order valence-corrected chi connectivity index (χ3v) is 4.69. The van der Waals surface area contributed by atoms with E-state index in [-0.39, 0.29) is 28.7 Å². The van der Waals surface area contributed by atoms with Crippen LogP contribution in [0.15, 0.2) is 4.47 Å². The number of nitrogens with zero attached hydrogens (tertiary/aromatic N) is 3. The van der Waals surface area contributed by atoms with Crippen LogP contribution in [0.4, 0.5) is 13.2 Å². The van der Waals surface area contributed by atoms with Crippen molar-refractivity contribution in [2.24, 2.45) is 0 Å². The molecule has 0 spiro atoms. The normalized spacial score (nSPS) is 17.8. The molecule has 1 amide bonds. The molecule has 136 valence electrons. The number of hydrogen-bond donors (Lipinski definition) is 1. The van der Waals surface area contributed by atoms with Crippen LogP contribution in [0.3, 0.4) is 0 Å². The summed E-state index contributed by atoms with van der Waals surface area (Å²) in [6.07, 6.45) is -4.56. The summed E-state index contributed by atoms with van der Waals surface area (Å²) in [5.74, 6) is -0.373. The van der Waals surface area contributed by atoms with E-state index in [1.807, 2.05) is 6.92 Å². The average molecular weight is 413 g/mol. The first-order valence-corrected chi connectivity index (χ1v) is 8.37. The Hall–Kier alpha value is -1.13.